The van der Waals surface area contributed by atoms with Gasteiger partial charge in [-0.25, -0.2) is 0 Å². The topological polar surface area (TPSA) is 54.4 Å². The van der Waals surface area contributed by atoms with E-state index in [1.165, 1.54) is 0 Å². The van der Waals surface area contributed by atoms with Gasteiger partial charge in [0.1, 0.15) is 11.9 Å². The fraction of sp³-hybridized carbons (Fsp3) is 0.667. The Morgan fingerprint density at radius 1 is 1.33 bits per heavy atom. The number of aliphatic hydroxyl groups excluding tert-OH is 1. The molecule has 0 saturated heterocycles. The molecule has 1 saturated carbocycles. The molecule has 0 aromatic rings. The van der Waals surface area contributed by atoms with Gasteiger partial charge in [0.05, 0.1) is 0 Å². The van der Waals surface area contributed by atoms with E-state index in [2.05, 4.69) is 0 Å². The van der Waals surface area contributed by atoms with Crippen LogP contribution in [0.3, 0.4) is 0 Å². The van der Waals surface area contributed by atoms with Gasteiger partial charge >= 0.3 is 0 Å². The molecule has 0 amide bonds. The Bertz CT molecular complexity index is 150. The Morgan fingerprint density at radius 3 is 2.44 bits per heavy atom. The lowest BCUT2D eigenvalue weighted by Gasteiger charge is -2.12. The Kier molecular flexibility index (Phi) is 1.62. The van der Waals surface area contributed by atoms with E-state index in [-0.39, 0.29) is 24.4 Å². The number of hydrogen-bond acceptors (Lipinski definition) is 3. The van der Waals surface area contributed by atoms with Crippen LogP contribution in [-0.2, 0) is 9.59 Å². The Labute approximate surface area is 52.7 Å². The van der Waals surface area contributed by atoms with Crippen LogP contribution in [0.2, 0.25) is 0 Å². The molecule has 1 fully saturated rings. The molecule has 0 aromatic heterocycles. The number of rotatable bonds is 0. The predicted molar refractivity (Wildman–Crippen MR) is 29.9 cm³/mol. The molecule has 3 heteroatoms. The SMILES string of the molecule is O=C1CCC(=O)C(O)C1. The maximum atomic E-state index is 10.5. The first-order chi connectivity index (χ1) is 4.20. The van der Waals surface area contributed by atoms with Gasteiger partial charge < -0.3 is 5.11 Å². The van der Waals surface area contributed by atoms with Crippen LogP contribution in [0, 0.1) is 0 Å². The second kappa shape index (κ2) is 2.27. The van der Waals surface area contributed by atoms with Crippen molar-refractivity contribution in [2.24, 2.45) is 0 Å². The van der Waals surface area contributed by atoms with E-state index in [4.69, 9.17) is 5.11 Å². The van der Waals surface area contributed by atoms with Crippen molar-refractivity contribution in [3.8, 4) is 0 Å². The van der Waals surface area contributed by atoms with Gasteiger partial charge in [0.25, 0.3) is 0 Å². The van der Waals surface area contributed by atoms with Crippen LogP contribution >= 0.6 is 0 Å². The zero-order valence-electron chi connectivity index (χ0n) is 4.96. The van der Waals surface area contributed by atoms with Gasteiger partial charge in [0.2, 0.25) is 0 Å². The summed E-state index contributed by atoms with van der Waals surface area (Å²) in [5.74, 6) is -0.211. The molecule has 1 aliphatic rings. The van der Waals surface area contributed by atoms with E-state index < -0.39 is 6.10 Å². The fourth-order valence-electron chi connectivity index (χ4n) is 0.861. The standard InChI is InChI=1S/C6H8O3/c7-4-1-2-5(8)6(9)3-4/h6,9H,1-3H2. The van der Waals surface area contributed by atoms with E-state index in [0.717, 1.165) is 0 Å². The van der Waals surface area contributed by atoms with Crippen LogP contribution in [0.15, 0.2) is 0 Å². The number of carbonyl (C=O) groups is 2. The zero-order chi connectivity index (χ0) is 6.85. The highest BCUT2D eigenvalue weighted by Gasteiger charge is 2.24. The van der Waals surface area contributed by atoms with Gasteiger partial charge in [-0.3, -0.25) is 9.59 Å². The number of Topliss-reactive ketones (excluding diaryl/α,β-unsaturated/α-hetero) is 2. The summed E-state index contributed by atoms with van der Waals surface area (Å²) >= 11 is 0. The van der Waals surface area contributed by atoms with Crippen molar-refractivity contribution in [2.75, 3.05) is 0 Å². The summed E-state index contributed by atoms with van der Waals surface area (Å²) in [5.41, 5.74) is 0. The van der Waals surface area contributed by atoms with E-state index in [1.807, 2.05) is 0 Å². The third-order valence-electron chi connectivity index (χ3n) is 1.44. The molecule has 1 atom stereocenters. The van der Waals surface area contributed by atoms with Crippen LogP contribution in [0.25, 0.3) is 0 Å². The minimum Gasteiger partial charge on any atom is -0.385 e. The Balaban J connectivity index is 2.54. The molecular formula is C6H8O3. The summed E-state index contributed by atoms with van der Waals surface area (Å²) in [5, 5.41) is 8.78. The van der Waals surface area contributed by atoms with Crippen LogP contribution < -0.4 is 0 Å². The molecule has 50 valence electrons. The summed E-state index contributed by atoms with van der Waals surface area (Å²) in [4.78, 5) is 21.0. The number of ketones is 2. The predicted octanol–water partition coefficient (Wildman–Crippen LogP) is -0.331. The molecule has 9 heavy (non-hydrogen) atoms. The van der Waals surface area contributed by atoms with Gasteiger partial charge in [-0.1, -0.05) is 0 Å². The molecule has 0 aromatic carbocycles. The summed E-state index contributed by atoms with van der Waals surface area (Å²) in [7, 11) is 0. The summed E-state index contributed by atoms with van der Waals surface area (Å²) in [6, 6.07) is 0. The third-order valence-corrected chi connectivity index (χ3v) is 1.44. The van der Waals surface area contributed by atoms with Gasteiger partial charge in [-0.15, -0.1) is 0 Å². The number of hydrogen-bond donors (Lipinski definition) is 1. The molecule has 1 N–H and O–H groups in total. The molecule has 1 aliphatic carbocycles. The summed E-state index contributed by atoms with van der Waals surface area (Å²) < 4.78 is 0. The molecule has 0 bridgehead atoms. The van der Waals surface area contributed by atoms with Gasteiger partial charge in [0, 0.05) is 19.3 Å². The van der Waals surface area contributed by atoms with Crippen LogP contribution in [-0.4, -0.2) is 22.8 Å². The highest BCUT2D eigenvalue weighted by molar-refractivity contribution is 5.95. The maximum Gasteiger partial charge on any atom is 0.162 e. The smallest absolute Gasteiger partial charge is 0.162 e. The summed E-state index contributed by atoms with van der Waals surface area (Å²) in [6.45, 7) is 0. The van der Waals surface area contributed by atoms with Crippen molar-refractivity contribution in [1.29, 1.82) is 0 Å². The molecule has 0 heterocycles. The molecule has 0 spiro atoms. The summed E-state index contributed by atoms with van der Waals surface area (Å²) in [6.07, 6.45) is -0.444. The van der Waals surface area contributed by atoms with Gasteiger partial charge in [-0.05, 0) is 0 Å². The minimum absolute atomic E-state index is 0.0119. The largest absolute Gasteiger partial charge is 0.385 e. The van der Waals surface area contributed by atoms with Crippen molar-refractivity contribution >= 4 is 11.6 Å². The van der Waals surface area contributed by atoms with Crippen molar-refractivity contribution < 1.29 is 14.7 Å². The lowest BCUT2D eigenvalue weighted by Crippen LogP contribution is -2.29. The first-order valence-corrected chi connectivity index (χ1v) is 2.92. The van der Waals surface area contributed by atoms with Crippen LogP contribution in [0.1, 0.15) is 19.3 Å². The van der Waals surface area contributed by atoms with Crippen molar-refractivity contribution in [2.45, 2.75) is 25.4 Å². The highest BCUT2D eigenvalue weighted by atomic mass is 16.3. The molecule has 1 unspecified atom stereocenters. The van der Waals surface area contributed by atoms with Crippen molar-refractivity contribution in [3.63, 3.8) is 0 Å². The van der Waals surface area contributed by atoms with Crippen molar-refractivity contribution in [1.82, 2.24) is 0 Å². The van der Waals surface area contributed by atoms with E-state index in [9.17, 15) is 9.59 Å². The second-order valence-electron chi connectivity index (χ2n) is 2.22. The average Bonchev–Trinajstić information content (AvgIpc) is 1.80. The molecular weight excluding hydrogens is 120 g/mol. The van der Waals surface area contributed by atoms with E-state index in [0.29, 0.717) is 6.42 Å². The molecule has 1 rings (SSSR count). The molecule has 0 aliphatic heterocycles. The fourth-order valence-corrected chi connectivity index (χ4v) is 0.861. The first-order valence-electron chi connectivity index (χ1n) is 2.92. The normalized spacial score (nSPS) is 28.8. The van der Waals surface area contributed by atoms with Gasteiger partial charge in [0.15, 0.2) is 5.78 Å². The minimum atomic E-state index is -1.01. The first kappa shape index (κ1) is 6.42. The number of aliphatic hydroxyl groups is 1. The number of carbonyl (C=O) groups excluding carboxylic acids is 2. The maximum absolute atomic E-state index is 10.5. The van der Waals surface area contributed by atoms with E-state index in [1.54, 1.807) is 0 Å². The highest BCUT2D eigenvalue weighted by Crippen LogP contribution is 2.10. The molecule has 3 nitrogen and oxygen atoms in total. The van der Waals surface area contributed by atoms with Crippen LogP contribution in [0.5, 0.6) is 0 Å². The molecule has 0 radical (unpaired) electrons. The Hall–Kier alpha value is -0.700. The lowest BCUT2D eigenvalue weighted by atomic mass is 9.95. The Morgan fingerprint density at radius 2 is 2.00 bits per heavy atom. The van der Waals surface area contributed by atoms with Crippen LogP contribution in [0.4, 0.5) is 0 Å². The lowest BCUT2D eigenvalue weighted by molar-refractivity contribution is -0.137. The van der Waals surface area contributed by atoms with Gasteiger partial charge in [-0.2, -0.15) is 0 Å². The third kappa shape index (κ3) is 1.36. The monoisotopic (exact) mass is 128 g/mol. The van der Waals surface area contributed by atoms with Crippen molar-refractivity contribution in [3.05, 3.63) is 0 Å². The second-order valence-corrected chi connectivity index (χ2v) is 2.22. The van der Waals surface area contributed by atoms with E-state index >= 15 is 0 Å². The quantitative estimate of drug-likeness (QED) is 0.486. The average molecular weight is 128 g/mol. The zero-order valence-corrected chi connectivity index (χ0v) is 4.96.